The van der Waals surface area contributed by atoms with Crippen LogP contribution in [0.4, 0.5) is 0 Å². The second-order valence-corrected chi connectivity index (χ2v) is 5.17. The highest BCUT2D eigenvalue weighted by Crippen LogP contribution is 2.25. The molecule has 3 aromatic rings. The molecule has 0 unspecified atom stereocenters. The summed E-state index contributed by atoms with van der Waals surface area (Å²) in [5.41, 5.74) is 4.17. The third-order valence-corrected chi connectivity index (χ3v) is 3.57. The molecule has 0 fully saturated rings. The van der Waals surface area contributed by atoms with Crippen LogP contribution in [0.5, 0.6) is 0 Å². The molecule has 0 atom stereocenters. The van der Waals surface area contributed by atoms with Crippen molar-refractivity contribution in [3.63, 3.8) is 0 Å². The molecule has 2 aromatic carbocycles. The lowest BCUT2D eigenvalue weighted by Gasteiger charge is -2.08. The molecule has 0 amide bonds. The van der Waals surface area contributed by atoms with E-state index in [2.05, 4.69) is 40.7 Å². The maximum absolute atomic E-state index is 6.01. The zero-order valence-corrected chi connectivity index (χ0v) is 11.9. The number of rotatable bonds is 2. The Balaban J connectivity index is 2.29. The second kappa shape index (κ2) is 4.87. The summed E-state index contributed by atoms with van der Waals surface area (Å²) in [4.78, 5) is 4.54. The monoisotopic (exact) mass is 290 g/mol. The molecule has 1 heterocycles. The fraction of sp³-hybridized carbons (Fsp3) is 0.133. The highest BCUT2D eigenvalue weighted by Gasteiger charge is 2.11. The number of alkyl halides is 1. The summed E-state index contributed by atoms with van der Waals surface area (Å²) in [6.07, 6.45) is 0. The Labute approximate surface area is 121 Å². The predicted molar refractivity (Wildman–Crippen MR) is 80.4 cm³/mol. The number of benzene rings is 2. The van der Waals surface area contributed by atoms with E-state index in [9.17, 15) is 0 Å². The minimum absolute atomic E-state index is 0.361. The van der Waals surface area contributed by atoms with Gasteiger partial charge >= 0.3 is 0 Å². The maximum Gasteiger partial charge on any atom is 0.129 e. The van der Waals surface area contributed by atoms with Crippen LogP contribution in [0.3, 0.4) is 0 Å². The van der Waals surface area contributed by atoms with Crippen LogP contribution in [0.2, 0.25) is 5.02 Å². The average molecular weight is 291 g/mol. The van der Waals surface area contributed by atoms with Crippen molar-refractivity contribution >= 4 is 34.2 Å². The van der Waals surface area contributed by atoms with Gasteiger partial charge < -0.3 is 0 Å². The maximum atomic E-state index is 6.01. The van der Waals surface area contributed by atoms with E-state index in [0.717, 1.165) is 22.5 Å². The largest absolute Gasteiger partial charge is 0.295 e. The minimum atomic E-state index is 0.361. The first kappa shape index (κ1) is 12.5. The van der Waals surface area contributed by atoms with Crippen molar-refractivity contribution in [1.82, 2.24) is 9.55 Å². The molecular formula is C15H12Cl2N2. The van der Waals surface area contributed by atoms with E-state index < -0.39 is 0 Å². The van der Waals surface area contributed by atoms with Crippen molar-refractivity contribution in [1.29, 1.82) is 0 Å². The van der Waals surface area contributed by atoms with E-state index in [4.69, 9.17) is 23.2 Å². The van der Waals surface area contributed by atoms with Crippen LogP contribution in [0.15, 0.2) is 42.5 Å². The molecule has 0 aliphatic heterocycles. The van der Waals surface area contributed by atoms with Crippen LogP contribution in [0.1, 0.15) is 11.4 Å². The van der Waals surface area contributed by atoms with Gasteiger partial charge in [-0.3, -0.25) is 4.57 Å². The average Bonchev–Trinajstić information content (AvgIpc) is 2.77. The summed E-state index contributed by atoms with van der Waals surface area (Å²) < 4.78 is 2.07. The Bertz CT molecular complexity index is 730. The smallest absolute Gasteiger partial charge is 0.129 e. The molecule has 0 aliphatic rings. The van der Waals surface area contributed by atoms with Crippen molar-refractivity contribution in [2.45, 2.75) is 12.8 Å². The van der Waals surface area contributed by atoms with Crippen molar-refractivity contribution in [3.05, 3.63) is 58.9 Å². The van der Waals surface area contributed by atoms with Crippen LogP contribution in [-0.2, 0) is 5.88 Å². The number of aryl methyl sites for hydroxylation is 1. The van der Waals surface area contributed by atoms with E-state index >= 15 is 0 Å². The van der Waals surface area contributed by atoms with Crippen LogP contribution < -0.4 is 0 Å². The van der Waals surface area contributed by atoms with Crippen LogP contribution in [-0.4, -0.2) is 9.55 Å². The number of hydrogen-bond acceptors (Lipinski definition) is 1. The van der Waals surface area contributed by atoms with E-state index in [1.807, 2.05) is 18.2 Å². The molecule has 0 radical (unpaired) electrons. The van der Waals surface area contributed by atoms with Crippen molar-refractivity contribution in [2.24, 2.45) is 0 Å². The van der Waals surface area contributed by atoms with Gasteiger partial charge in [0, 0.05) is 10.7 Å². The molecule has 0 aliphatic carbocycles. The summed E-state index contributed by atoms with van der Waals surface area (Å²) in [5, 5.41) is 0.683. The SMILES string of the molecule is Cc1ccc(-n2c(CCl)nc3cc(Cl)ccc32)cc1. The van der Waals surface area contributed by atoms with Gasteiger partial charge in [0.25, 0.3) is 0 Å². The second-order valence-electron chi connectivity index (χ2n) is 4.47. The van der Waals surface area contributed by atoms with Gasteiger partial charge in [-0.25, -0.2) is 4.98 Å². The third kappa shape index (κ3) is 2.22. The third-order valence-electron chi connectivity index (χ3n) is 3.10. The molecule has 3 rings (SSSR count). The molecule has 2 nitrogen and oxygen atoms in total. The first-order chi connectivity index (χ1) is 9.19. The predicted octanol–water partition coefficient (Wildman–Crippen LogP) is 4.73. The number of fused-ring (bicyclic) bond motifs is 1. The Morgan fingerprint density at radius 1 is 1.11 bits per heavy atom. The quantitative estimate of drug-likeness (QED) is 0.624. The number of imidazole rings is 1. The molecule has 0 saturated carbocycles. The fourth-order valence-corrected chi connectivity index (χ4v) is 2.52. The zero-order valence-electron chi connectivity index (χ0n) is 10.4. The molecule has 0 N–H and O–H groups in total. The van der Waals surface area contributed by atoms with E-state index in [0.29, 0.717) is 10.9 Å². The first-order valence-corrected chi connectivity index (χ1v) is 6.90. The van der Waals surface area contributed by atoms with E-state index in [1.165, 1.54) is 5.56 Å². The highest BCUT2D eigenvalue weighted by atomic mass is 35.5. The number of nitrogens with zero attached hydrogens (tertiary/aromatic N) is 2. The fourth-order valence-electron chi connectivity index (χ4n) is 2.17. The summed E-state index contributed by atoms with van der Waals surface area (Å²) in [7, 11) is 0. The first-order valence-electron chi connectivity index (χ1n) is 5.99. The molecule has 19 heavy (non-hydrogen) atoms. The standard InChI is InChI=1S/C15H12Cl2N2/c1-10-2-5-12(6-3-10)19-14-7-4-11(17)8-13(14)18-15(19)9-16/h2-8H,9H2,1H3. The van der Waals surface area contributed by atoms with Crippen LogP contribution >= 0.6 is 23.2 Å². The van der Waals surface area contributed by atoms with Gasteiger partial charge in [0.05, 0.1) is 16.9 Å². The Morgan fingerprint density at radius 3 is 2.53 bits per heavy atom. The van der Waals surface area contributed by atoms with Gasteiger partial charge in [-0.1, -0.05) is 29.3 Å². The van der Waals surface area contributed by atoms with Gasteiger partial charge in [-0.05, 0) is 37.3 Å². The molecule has 0 bridgehead atoms. The van der Waals surface area contributed by atoms with Gasteiger partial charge in [-0.15, -0.1) is 11.6 Å². The highest BCUT2D eigenvalue weighted by molar-refractivity contribution is 6.31. The van der Waals surface area contributed by atoms with Crippen LogP contribution in [0.25, 0.3) is 16.7 Å². The number of hydrogen-bond donors (Lipinski definition) is 0. The lowest BCUT2D eigenvalue weighted by atomic mass is 10.2. The lowest BCUT2D eigenvalue weighted by Crippen LogP contribution is -1.99. The molecule has 0 saturated heterocycles. The van der Waals surface area contributed by atoms with Gasteiger partial charge in [-0.2, -0.15) is 0 Å². The summed E-state index contributed by atoms with van der Waals surface area (Å²) >= 11 is 12.0. The summed E-state index contributed by atoms with van der Waals surface area (Å²) in [5.74, 6) is 1.18. The normalized spacial score (nSPS) is 11.1. The van der Waals surface area contributed by atoms with Gasteiger partial charge in [0.1, 0.15) is 5.82 Å². The molecule has 0 spiro atoms. The van der Waals surface area contributed by atoms with Crippen LogP contribution in [0, 0.1) is 6.92 Å². The van der Waals surface area contributed by atoms with Gasteiger partial charge in [0.2, 0.25) is 0 Å². The topological polar surface area (TPSA) is 17.8 Å². The Morgan fingerprint density at radius 2 is 1.84 bits per heavy atom. The molecule has 4 heteroatoms. The summed E-state index contributed by atoms with van der Waals surface area (Å²) in [6.45, 7) is 2.07. The molecule has 1 aromatic heterocycles. The lowest BCUT2D eigenvalue weighted by molar-refractivity contribution is 0.981. The van der Waals surface area contributed by atoms with Gasteiger partial charge in [0.15, 0.2) is 0 Å². The van der Waals surface area contributed by atoms with E-state index in [1.54, 1.807) is 0 Å². The van der Waals surface area contributed by atoms with Crippen molar-refractivity contribution in [2.75, 3.05) is 0 Å². The number of aromatic nitrogens is 2. The van der Waals surface area contributed by atoms with Crippen molar-refractivity contribution in [3.8, 4) is 5.69 Å². The summed E-state index contributed by atoms with van der Waals surface area (Å²) in [6, 6.07) is 14.0. The molecule has 96 valence electrons. The van der Waals surface area contributed by atoms with Crippen molar-refractivity contribution < 1.29 is 0 Å². The van der Waals surface area contributed by atoms with E-state index in [-0.39, 0.29) is 0 Å². The Kier molecular flexibility index (Phi) is 3.21. The number of halogens is 2. The zero-order chi connectivity index (χ0) is 13.4. The molecular weight excluding hydrogens is 279 g/mol. The Hall–Kier alpha value is -1.51. The minimum Gasteiger partial charge on any atom is -0.295 e.